The first-order valence-corrected chi connectivity index (χ1v) is 7.38. The van der Waals surface area contributed by atoms with Crippen LogP contribution in [-0.4, -0.2) is 25.7 Å². The number of halogens is 2. The molecule has 2 aromatic rings. The van der Waals surface area contributed by atoms with E-state index in [1.807, 2.05) is 0 Å². The Kier molecular flexibility index (Phi) is 6.45. The summed E-state index contributed by atoms with van der Waals surface area (Å²) in [5.41, 5.74) is 1.52. The lowest BCUT2D eigenvalue weighted by Gasteiger charge is -2.09. The second-order valence-corrected chi connectivity index (χ2v) is 5.01. The number of hydrogen-bond donors (Lipinski definition) is 0. The number of carbonyl (C=O) groups excluding carboxylic acids is 1. The molecule has 0 saturated carbocycles. The Bertz CT molecular complexity index is 762. The number of Topliss-reactive ketones (excluding diaryl/α,β-unsaturated/α-hetero) is 1. The molecule has 2 aromatic carbocycles. The highest BCUT2D eigenvalue weighted by Crippen LogP contribution is 2.22. The molecule has 25 heavy (non-hydrogen) atoms. The Morgan fingerprint density at radius 2 is 1.96 bits per heavy atom. The summed E-state index contributed by atoms with van der Waals surface area (Å²) in [4.78, 5) is 16.6. The van der Waals surface area contributed by atoms with Crippen LogP contribution in [0.2, 0.25) is 0 Å². The zero-order valence-corrected chi connectivity index (χ0v) is 13.7. The van der Waals surface area contributed by atoms with Crippen LogP contribution in [0, 0.1) is 0 Å². The minimum Gasteiger partial charge on any atom is -0.496 e. The molecule has 0 N–H and O–H groups in total. The van der Waals surface area contributed by atoms with Crippen molar-refractivity contribution in [2.24, 2.45) is 5.16 Å². The summed E-state index contributed by atoms with van der Waals surface area (Å²) < 4.78 is 34.3. The van der Waals surface area contributed by atoms with Gasteiger partial charge in [-0.2, -0.15) is 8.78 Å². The number of hydrogen-bond acceptors (Lipinski definition) is 5. The lowest BCUT2D eigenvalue weighted by Crippen LogP contribution is -2.04. The van der Waals surface area contributed by atoms with E-state index >= 15 is 0 Å². The molecule has 0 aromatic heterocycles. The number of benzene rings is 2. The van der Waals surface area contributed by atoms with Gasteiger partial charge in [0.05, 0.1) is 13.3 Å². The molecule has 0 radical (unpaired) electrons. The van der Waals surface area contributed by atoms with Crippen LogP contribution in [0.5, 0.6) is 11.5 Å². The summed E-state index contributed by atoms with van der Waals surface area (Å²) in [6.07, 6.45) is 1.28. The first-order valence-electron chi connectivity index (χ1n) is 7.38. The normalized spacial score (nSPS) is 10.9. The third kappa shape index (κ3) is 5.27. The average Bonchev–Trinajstić information content (AvgIpc) is 2.59. The van der Waals surface area contributed by atoms with Crippen molar-refractivity contribution in [1.29, 1.82) is 0 Å². The quantitative estimate of drug-likeness (QED) is 0.410. The van der Waals surface area contributed by atoms with Crippen molar-refractivity contribution in [3.63, 3.8) is 0 Å². The first kappa shape index (κ1) is 18.4. The van der Waals surface area contributed by atoms with Crippen LogP contribution in [0.25, 0.3) is 0 Å². The summed E-state index contributed by atoms with van der Waals surface area (Å²) in [5.74, 6) is 0.480. The van der Waals surface area contributed by atoms with Gasteiger partial charge in [-0.3, -0.25) is 4.79 Å². The molecule has 0 unspecified atom stereocenters. The van der Waals surface area contributed by atoms with E-state index in [0.717, 1.165) is 0 Å². The molecule has 0 aliphatic carbocycles. The number of ether oxygens (including phenoxy) is 2. The van der Waals surface area contributed by atoms with E-state index in [1.54, 1.807) is 36.4 Å². The van der Waals surface area contributed by atoms with E-state index in [1.165, 1.54) is 26.3 Å². The molecule has 0 saturated heterocycles. The fourth-order valence-corrected chi connectivity index (χ4v) is 2.10. The smallest absolute Gasteiger partial charge is 0.387 e. The van der Waals surface area contributed by atoms with Gasteiger partial charge in [0.15, 0.2) is 5.78 Å². The SMILES string of the molecule is COc1ccc(C(C)=O)cc1CO/N=C\c1ccccc1OC(F)F. The molecule has 0 aliphatic rings. The zero-order valence-electron chi connectivity index (χ0n) is 13.7. The Morgan fingerprint density at radius 1 is 1.20 bits per heavy atom. The number of para-hydroxylation sites is 1. The number of methoxy groups -OCH3 is 1. The Labute approximate surface area is 143 Å². The topological polar surface area (TPSA) is 57.1 Å². The van der Waals surface area contributed by atoms with Gasteiger partial charge >= 0.3 is 6.61 Å². The number of nitrogens with zero attached hydrogens (tertiary/aromatic N) is 1. The number of rotatable bonds is 8. The third-order valence-electron chi connectivity index (χ3n) is 3.31. The predicted octanol–water partition coefficient (Wildman–Crippen LogP) is 4.05. The molecule has 0 amide bonds. The van der Waals surface area contributed by atoms with E-state index in [0.29, 0.717) is 22.4 Å². The van der Waals surface area contributed by atoms with E-state index < -0.39 is 6.61 Å². The standard InChI is InChI=1S/C18H17F2NO4/c1-12(22)13-7-8-16(23-2)15(9-13)11-24-21-10-14-5-3-4-6-17(14)25-18(19)20/h3-10,18H,11H2,1-2H3/b21-10-. The van der Waals surface area contributed by atoms with Gasteiger partial charge in [-0.05, 0) is 37.3 Å². The summed E-state index contributed by atoms with van der Waals surface area (Å²) >= 11 is 0. The fourth-order valence-electron chi connectivity index (χ4n) is 2.10. The summed E-state index contributed by atoms with van der Waals surface area (Å²) in [6, 6.07) is 11.2. The number of ketones is 1. The number of carbonyl (C=O) groups is 1. The van der Waals surface area contributed by atoms with Crippen molar-refractivity contribution in [1.82, 2.24) is 0 Å². The average molecular weight is 349 g/mol. The molecule has 0 bridgehead atoms. The fraction of sp³-hybridized carbons (Fsp3) is 0.222. The molecular weight excluding hydrogens is 332 g/mol. The zero-order chi connectivity index (χ0) is 18.2. The van der Waals surface area contributed by atoms with Crippen LogP contribution in [-0.2, 0) is 11.4 Å². The maximum atomic E-state index is 12.4. The molecule has 0 atom stereocenters. The van der Waals surface area contributed by atoms with Gasteiger partial charge in [0.1, 0.15) is 18.1 Å². The van der Waals surface area contributed by atoms with Gasteiger partial charge in [0.25, 0.3) is 0 Å². The van der Waals surface area contributed by atoms with Crippen molar-refractivity contribution in [2.75, 3.05) is 7.11 Å². The molecule has 7 heteroatoms. The Balaban J connectivity index is 2.07. The monoisotopic (exact) mass is 349 g/mol. The Hall–Kier alpha value is -2.96. The maximum Gasteiger partial charge on any atom is 0.387 e. The minimum absolute atomic E-state index is 0.000933. The van der Waals surface area contributed by atoms with Crippen LogP contribution in [0.1, 0.15) is 28.4 Å². The van der Waals surface area contributed by atoms with Crippen molar-refractivity contribution < 1.29 is 27.9 Å². The van der Waals surface area contributed by atoms with Gasteiger partial charge in [-0.25, -0.2) is 0 Å². The molecule has 2 rings (SSSR count). The maximum absolute atomic E-state index is 12.4. The third-order valence-corrected chi connectivity index (χ3v) is 3.31. The summed E-state index contributed by atoms with van der Waals surface area (Å²) in [6.45, 7) is -1.41. The van der Waals surface area contributed by atoms with Crippen molar-refractivity contribution in [3.8, 4) is 11.5 Å². The van der Waals surface area contributed by atoms with E-state index in [4.69, 9.17) is 9.57 Å². The highest BCUT2D eigenvalue weighted by Gasteiger charge is 2.09. The van der Waals surface area contributed by atoms with Gasteiger partial charge in [0.2, 0.25) is 0 Å². The van der Waals surface area contributed by atoms with Crippen LogP contribution in [0.4, 0.5) is 8.78 Å². The highest BCUT2D eigenvalue weighted by atomic mass is 19.3. The summed E-state index contributed by atoms with van der Waals surface area (Å²) in [5, 5.41) is 3.76. The second-order valence-electron chi connectivity index (χ2n) is 5.01. The van der Waals surface area contributed by atoms with E-state index in [-0.39, 0.29) is 18.1 Å². The summed E-state index contributed by atoms with van der Waals surface area (Å²) in [7, 11) is 1.51. The van der Waals surface area contributed by atoms with Crippen LogP contribution >= 0.6 is 0 Å². The lowest BCUT2D eigenvalue weighted by atomic mass is 10.1. The highest BCUT2D eigenvalue weighted by molar-refractivity contribution is 5.94. The van der Waals surface area contributed by atoms with Gasteiger partial charge in [-0.1, -0.05) is 17.3 Å². The van der Waals surface area contributed by atoms with Crippen molar-refractivity contribution >= 4 is 12.0 Å². The number of alkyl halides is 2. The molecule has 0 heterocycles. The van der Waals surface area contributed by atoms with E-state index in [9.17, 15) is 13.6 Å². The molecule has 0 aliphatic heterocycles. The largest absolute Gasteiger partial charge is 0.496 e. The van der Waals surface area contributed by atoms with Crippen LogP contribution in [0.15, 0.2) is 47.6 Å². The Morgan fingerprint density at radius 3 is 2.64 bits per heavy atom. The van der Waals surface area contributed by atoms with Gasteiger partial charge in [0, 0.05) is 16.7 Å². The molecule has 0 fully saturated rings. The molecule has 132 valence electrons. The molecule has 5 nitrogen and oxygen atoms in total. The van der Waals surface area contributed by atoms with Gasteiger partial charge in [-0.15, -0.1) is 0 Å². The van der Waals surface area contributed by atoms with Crippen LogP contribution < -0.4 is 9.47 Å². The molecule has 0 spiro atoms. The second kappa shape index (κ2) is 8.77. The first-order chi connectivity index (χ1) is 12.0. The van der Waals surface area contributed by atoms with Gasteiger partial charge < -0.3 is 14.3 Å². The van der Waals surface area contributed by atoms with Crippen molar-refractivity contribution in [3.05, 3.63) is 59.2 Å². The van der Waals surface area contributed by atoms with E-state index in [2.05, 4.69) is 9.89 Å². The van der Waals surface area contributed by atoms with Crippen molar-refractivity contribution in [2.45, 2.75) is 20.1 Å². The number of oxime groups is 1. The lowest BCUT2D eigenvalue weighted by molar-refractivity contribution is -0.0499. The predicted molar refractivity (Wildman–Crippen MR) is 88.5 cm³/mol. The molecular formula is C18H17F2NO4. The van der Waals surface area contributed by atoms with Crippen LogP contribution in [0.3, 0.4) is 0 Å². The minimum atomic E-state index is -2.92.